The van der Waals surface area contributed by atoms with Gasteiger partial charge in [0.1, 0.15) is 0 Å². The molecule has 1 heterocycles. The third kappa shape index (κ3) is 5.07. The molecule has 1 amide bonds. The summed E-state index contributed by atoms with van der Waals surface area (Å²) in [5.74, 6) is 0.410. The summed E-state index contributed by atoms with van der Waals surface area (Å²) in [5.41, 5.74) is 5.74. The van der Waals surface area contributed by atoms with Crippen LogP contribution in [0.15, 0.2) is 24.3 Å². The van der Waals surface area contributed by atoms with Gasteiger partial charge in [-0.2, -0.15) is 0 Å². The minimum absolute atomic E-state index is 0. The Labute approximate surface area is 141 Å². The molecule has 1 aromatic carbocycles. The number of rotatable bonds is 5. The number of carbonyl (C=O) groups excluding carboxylic acids is 1. The Morgan fingerprint density at radius 2 is 2.04 bits per heavy atom. The molecule has 0 spiro atoms. The number of benzene rings is 1. The SMILES string of the molecule is CC(N)C1CCN(C(=O)COc2ccccc2[N+](=O)[O-])CC1.Cl. The zero-order valence-corrected chi connectivity index (χ0v) is 13.8. The van der Waals surface area contributed by atoms with Crippen LogP contribution >= 0.6 is 12.4 Å². The van der Waals surface area contributed by atoms with Crippen molar-refractivity contribution in [1.82, 2.24) is 4.90 Å². The van der Waals surface area contributed by atoms with Gasteiger partial charge in [0.25, 0.3) is 5.91 Å². The van der Waals surface area contributed by atoms with Gasteiger partial charge in [0, 0.05) is 25.2 Å². The van der Waals surface area contributed by atoms with Gasteiger partial charge in [-0.15, -0.1) is 12.4 Å². The number of halogens is 1. The molecule has 1 aliphatic heterocycles. The maximum Gasteiger partial charge on any atom is 0.310 e. The zero-order chi connectivity index (χ0) is 16.1. The molecule has 0 bridgehead atoms. The first-order valence-electron chi connectivity index (χ1n) is 7.38. The number of hydrogen-bond acceptors (Lipinski definition) is 5. The lowest BCUT2D eigenvalue weighted by Gasteiger charge is -2.33. The highest BCUT2D eigenvalue weighted by molar-refractivity contribution is 5.85. The average Bonchev–Trinajstić information content (AvgIpc) is 2.52. The number of nitrogens with two attached hydrogens (primary N) is 1. The Kier molecular flexibility index (Phi) is 7.25. The van der Waals surface area contributed by atoms with Gasteiger partial charge in [-0.05, 0) is 31.7 Å². The number of ether oxygens (including phenoxy) is 1. The second kappa shape index (κ2) is 8.69. The Bertz CT molecular complexity index is 545. The molecular weight excluding hydrogens is 322 g/mol. The second-order valence-corrected chi connectivity index (χ2v) is 5.59. The Morgan fingerprint density at radius 3 is 2.61 bits per heavy atom. The van der Waals surface area contributed by atoms with E-state index in [0.717, 1.165) is 12.8 Å². The van der Waals surface area contributed by atoms with Gasteiger partial charge in [-0.1, -0.05) is 12.1 Å². The monoisotopic (exact) mass is 343 g/mol. The minimum Gasteiger partial charge on any atom is -0.477 e. The second-order valence-electron chi connectivity index (χ2n) is 5.59. The van der Waals surface area contributed by atoms with Crippen LogP contribution in [0.1, 0.15) is 19.8 Å². The van der Waals surface area contributed by atoms with E-state index in [4.69, 9.17) is 10.5 Å². The van der Waals surface area contributed by atoms with E-state index >= 15 is 0 Å². The predicted octanol–water partition coefficient (Wildman–Crippen LogP) is 1.98. The first kappa shape index (κ1) is 19.2. The fraction of sp³-hybridized carbons (Fsp3) is 0.533. The third-order valence-electron chi connectivity index (χ3n) is 4.05. The molecule has 1 unspecified atom stereocenters. The summed E-state index contributed by atoms with van der Waals surface area (Å²) in [6.07, 6.45) is 1.77. The van der Waals surface area contributed by atoms with Crippen molar-refractivity contribution in [1.29, 1.82) is 0 Å². The molecule has 1 atom stereocenters. The normalized spacial score (nSPS) is 16.3. The van der Waals surface area contributed by atoms with Gasteiger partial charge in [-0.3, -0.25) is 14.9 Å². The first-order chi connectivity index (χ1) is 10.5. The largest absolute Gasteiger partial charge is 0.477 e. The van der Waals surface area contributed by atoms with E-state index in [9.17, 15) is 14.9 Å². The lowest BCUT2D eigenvalue weighted by molar-refractivity contribution is -0.385. The number of carbonyl (C=O) groups is 1. The van der Waals surface area contributed by atoms with Crippen LogP contribution in [0, 0.1) is 16.0 Å². The van der Waals surface area contributed by atoms with E-state index < -0.39 is 4.92 Å². The number of amides is 1. The van der Waals surface area contributed by atoms with Gasteiger partial charge in [0.15, 0.2) is 12.4 Å². The van der Waals surface area contributed by atoms with Gasteiger partial charge < -0.3 is 15.4 Å². The Morgan fingerprint density at radius 1 is 1.43 bits per heavy atom. The molecule has 128 valence electrons. The minimum atomic E-state index is -0.520. The topological polar surface area (TPSA) is 98.7 Å². The summed E-state index contributed by atoms with van der Waals surface area (Å²) in [4.78, 5) is 24.2. The van der Waals surface area contributed by atoms with Crippen LogP contribution in [0.4, 0.5) is 5.69 Å². The average molecular weight is 344 g/mol. The van der Waals surface area contributed by atoms with Crippen molar-refractivity contribution in [2.45, 2.75) is 25.8 Å². The van der Waals surface area contributed by atoms with Gasteiger partial charge in [0.05, 0.1) is 4.92 Å². The van der Waals surface area contributed by atoms with Gasteiger partial charge in [-0.25, -0.2) is 0 Å². The van der Waals surface area contributed by atoms with Crippen molar-refractivity contribution >= 4 is 24.0 Å². The van der Waals surface area contributed by atoms with E-state index in [1.807, 2.05) is 6.92 Å². The van der Waals surface area contributed by atoms with Crippen molar-refractivity contribution < 1.29 is 14.5 Å². The summed E-state index contributed by atoms with van der Waals surface area (Å²) >= 11 is 0. The standard InChI is InChI=1S/C15H21N3O4.ClH/c1-11(16)12-6-8-17(9-7-12)15(19)10-22-14-5-3-2-4-13(14)18(20)21;/h2-5,11-12H,6-10,16H2,1H3;1H. The number of nitro groups is 1. The number of likely N-dealkylation sites (tertiary alicyclic amines) is 1. The van der Waals surface area contributed by atoms with E-state index in [1.165, 1.54) is 12.1 Å². The number of nitrogens with zero attached hydrogens (tertiary/aromatic N) is 2. The summed E-state index contributed by atoms with van der Waals surface area (Å²) in [7, 11) is 0. The van der Waals surface area contributed by atoms with Crippen molar-refractivity contribution in [3.05, 3.63) is 34.4 Å². The molecule has 7 nitrogen and oxygen atoms in total. The summed E-state index contributed by atoms with van der Waals surface area (Å²) in [6.45, 7) is 3.12. The number of piperidine rings is 1. The summed E-state index contributed by atoms with van der Waals surface area (Å²) in [5, 5.41) is 10.9. The molecule has 8 heteroatoms. The summed E-state index contributed by atoms with van der Waals surface area (Å²) in [6, 6.07) is 6.19. The highest BCUT2D eigenvalue weighted by Crippen LogP contribution is 2.26. The molecule has 1 fully saturated rings. The number of hydrogen-bond donors (Lipinski definition) is 1. The van der Waals surface area contributed by atoms with E-state index in [-0.39, 0.29) is 42.4 Å². The molecule has 0 radical (unpaired) electrons. The van der Waals surface area contributed by atoms with E-state index in [1.54, 1.807) is 17.0 Å². The predicted molar refractivity (Wildman–Crippen MR) is 88.8 cm³/mol. The molecule has 1 aliphatic rings. The quantitative estimate of drug-likeness (QED) is 0.651. The highest BCUT2D eigenvalue weighted by Gasteiger charge is 2.25. The maximum atomic E-state index is 12.1. The highest BCUT2D eigenvalue weighted by atomic mass is 35.5. The molecule has 0 saturated carbocycles. The van der Waals surface area contributed by atoms with Crippen LogP contribution in [0.2, 0.25) is 0 Å². The molecule has 1 saturated heterocycles. The fourth-order valence-corrected chi connectivity index (χ4v) is 2.64. The Balaban J connectivity index is 0.00000264. The van der Waals surface area contributed by atoms with Crippen LogP contribution in [-0.4, -0.2) is 41.5 Å². The molecule has 2 rings (SSSR count). The van der Waals surface area contributed by atoms with Gasteiger partial charge in [0.2, 0.25) is 0 Å². The number of nitro benzene ring substituents is 1. The lowest BCUT2D eigenvalue weighted by atomic mass is 9.91. The van der Waals surface area contributed by atoms with Crippen molar-refractivity contribution in [2.24, 2.45) is 11.7 Å². The van der Waals surface area contributed by atoms with Crippen LogP contribution in [0.5, 0.6) is 5.75 Å². The van der Waals surface area contributed by atoms with E-state index in [2.05, 4.69) is 0 Å². The summed E-state index contributed by atoms with van der Waals surface area (Å²) < 4.78 is 5.33. The van der Waals surface area contributed by atoms with Crippen LogP contribution in [0.25, 0.3) is 0 Å². The zero-order valence-electron chi connectivity index (χ0n) is 13.0. The van der Waals surface area contributed by atoms with Crippen LogP contribution in [0.3, 0.4) is 0 Å². The first-order valence-corrected chi connectivity index (χ1v) is 7.38. The number of para-hydroxylation sites is 2. The molecular formula is C15H22ClN3O4. The van der Waals surface area contributed by atoms with E-state index in [0.29, 0.717) is 19.0 Å². The van der Waals surface area contributed by atoms with Gasteiger partial charge >= 0.3 is 5.69 Å². The molecule has 0 aliphatic carbocycles. The maximum absolute atomic E-state index is 12.1. The van der Waals surface area contributed by atoms with Crippen molar-refractivity contribution in [3.8, 4) is 5.75 Å². The molecule has 0 aromatic heterocycles. The van der Waals surface area contributed by atoms with Crippen LogP contribution in [-0.2, 0) is 4.79 Å². The molecule has 23 heavy (non-hydrogen) atoms. The van der Waals surface area contributed by atoms with Crippen molar-refractivity contribution in [3.63, 3.8) is 0 Å². The molecule has 1 aromatic rings. The fourth-order valence-electron chi connectivity index (χ4n) is 2.64. The molecule has 2 N–H and O–H groups in total. The van der Waals surface area contributed by atoms with Crippen molar-refractivity contribution in [2.75, 3.05) is 19.7 Å². The Hall–Kier alpha value is -1.86. The lowest BCUT2D eigenvalue weighted by Crippen LogP contribution is -2.44. The van der Waals surface area contributed by atoms with Crippen LogP contribution < -0.4 is 10.5 Å². The third-order valence-corrected chi connectivity index (χ3v) is 4.05. The smallest absolute Gasteiger partial charge is 0.310 e.